The molecule has 0 aliphatic carbocycles. The minimum absolute atomic E-state index is 0.0319. The third-order valence-corrected chi connectivity index (χ3v) is 2.05. The van der Waals surface area contributed by atoms with Crippen molar-refractivity contribution in [1.29, 1.82) is 0 Å². The second-order valence-electron chi connectivity index (χ2n) is 3.38. The second kappa shape index (κ2) is 4.20. The largest absolute Gasteiger partial charge is 0.481 e. The Hall–Kier alpha value is -2.45. The van der Waals surface area contributed by atoms with Crippen molar-refractivity contribution in [2.75, 3.05) is 0 Å². The maximum atomic E-state index is 11.2. The van der Waals surface area contributed by atoms with E-state index in [1.165, 1.54) is 0 Å². The number of hydrogen-bond donors (Lipinski definition) is 3. The maximum absolute atomic E-state index is 11.2. The lowest BCUT2D eigenvalue weighted by Crippen LogP contribution is -2.31. The number of carboxylic acids is 1. The maximum Gasteiger partial charge on any atom is 0.322 e. The smallest absolute Gasteiger partial charge is 0.322 e. The number of urea groups is 1. The molecule has 0 bridgehead atoms. The number of hydrogen-bond acceptors (Lipinski definition) is 6. The van der Waals surface area contributed by atoms with Gasteiger partial charge < -0.3 is 14.8 Å². The van der Waals surface area contributed by atoms with Gasteiger partial charge in [0.1, 0.15) is 12.5 Å². The van der Waals surface area contributed by atoms with E-state index in [-0.39, 0.29) is 24.6 Å². The van der Waals surface area contributed by atoms with Crippen molar-refractivity contribution in [2.24, 2.45) is 0 Å². The molecule has 1 unspecified atom stereocenters. The highest BCUT2D eigenvalue weighted by molar-refractivity contribution is 6.04. The Labute approximate surface area is 94.2 Å². The minimum Gasteiger partial charge on any atom is -0.481 e. The highest BCUT2D eigenvalue weighted by Gasteiger charge is 2.31. The van der Waals surface area contributed by atoms with Crippen molar-refractivity contribution in [2.45, 2.75) is 18.9 Å². The van der Waals surface area contributed by atoms with E-state index < -0.39 is 23.9 Å². The molecule has 1 aromatic rings. The molecule has 17 heavy (non-hydrogen) atoms. The highest BCUT2D eigenvalue weighted by Crippen LogP contribution is 2.06. The first kappa shape index (κ1) is 11.0. The van der Waals surface area contributed by atoms with Gasteiger partial charge in [0, 0.05) is 0 Å². The van der Waals surface area contributed by atoms with E-state index in [0.717, 1.165) is 0 Å². The van der Waals surface area contributed by atoms with Gasteiger partial charge in [-0.2, -0.15) is 0 Å². The summed E-state index contributed by atoms with van der Waals surface area (Å²) in [6, 6.07) is -1.34. The van der Waals surface area contributed by atoms with E-state index in [1.54, 1.807) is 0 Å². The summed E-state index contributed by atoms with van der Waals surface area (Å²) in [5, 5.41) is 20.0. The zero-order chi connectivity index (χ0) is 12.4. The van der Waals surface area contributed by atoms with Gasteiger partial charge in [-0.15, -0.1) is 10.2 Å². The number of carboxylic acid groups (broad SMARTS) is 1. The van der Waals surface area contributed by atoms with Crippen LogP contribution in [0.15, 0.2) is 4.42 Å². The molecule has 1 aliphatic heterocycles. The van der Waals surface area contributed by atoms with Crippen LogP contribution in [0.2, 0.25) is 0 Å². The van der Waals surface area contributed by atoms with Gasteiger partial charge in [0.2, 0.25) is 11.8 Å². The molecule has 1 atom stereocenters. The number of nitrogens with zero attached hydrogens (tertiary/aromatic N) is 2. The monoisotopic (exact) mass is 240 g/mol. The van der Waals surface area contributed by atoms with Crippen molar-refractivity contribution in [3.63, 3.8) is 0 Å². The van der Waals surface area contributed by atoms with Crippen LogP contribution in [0.1, 0.15) is 11.8 Å². The Morgan fingerprint density at radius 1 is 1.35 bits per heavy atom. The zero-order valence-corrected chi connectivity index (χ0v) is 8.47. The van der Waals surface area contributed by atoms with Gasteiger partial charge >= 0.3 is 12.0 Å². The first-order valence-electron chi connectivity index (χ1n) is 4.69. The molecule has 3 amide bonds. The lowest BCUT2D eigenvalue weighted by atomic mass is 10.2. The van der Waals surface area contributed by atoms with Crippen LogP contribution in [0.25, 0.3) is 0 Å². The van der Waals surface area contributed by atoms with Gasteiger partial charge in [-0.25, -0.2) is 4.79 Å². The molecule has 0 spiro atoms. The van der Waals surface area contributed by atoms with Crippen LogP contribution in [0.4, 0.5) is 4.79 Å². The Kier molecular flexibility index (Phi) is 2.73. The van der Waals surface area contributed by atoms with E-state index in [1.807, 2.05) is 0 Å². The van der Waals surface area contributed by atoms with Crippen LogP contribution in [0.3, 0.4) is 0 Å². The number of carbonyl (C=O) groups is 3. The predicted molar refractivity (Wildman–Crippen MR) is 49.8 cm³/mol. The fourth-order valence-electron chi connectivity index (χ4n) is 1.35. The molecule has 1 aromatic heterocycles. The number of amides is 3. The van der Waals surface area contributed by atoms with E-state index in [9.17, 15) is 14.4 Å². The van der Waals surface area contributed by atoms with Crippen molar-refractivity contribution in [3.05, 3.63) is 11.8 Å². The molecule has 9 nitrogen and oxygen atoms in total. The molecular formula is C8H8N4O5. The molecule has 9 heteroatoms. The molecule has 0 radical (unpaired) electrons. The van der Waals surface area contributed by atoms with Crippen LogP contribution < -0.4 is 10.6 Å². The highest BCUT2D eigenvalue weighted by atomic mass is 16.4. The van der Waals surface area contributed by atoms with Gasteiger partial charge in [-0.3, -0.25) is 14.9 Å². The average molecular weight is 240 g/mol. The number of aromatic nitrogens is 2. The summed E-state index contributed by atoms with van der Waals surface area (Å²) in [5.74, 6) is -1.51. The number of aliphatic carboxylic acids is 1. The van der Waals surface area contributed by atoms with Gasteiger partial charge in [-0.1, -0.05) is 0 Å². The minimum atomic E-state index is -1.09. The summed E-state index contributed by atoms with van der Waals surface area (Å²) in [4.78, 5) is 32.4. The quantitative estimate of drug-likeness (QED) is 0.542. The number of nitrogens with one attached hydrogen (secondary N) is 2. The van der Waals surface area contributed by atoms with Crippen LogP contribution in [-0.4, -0.2) is 39.3 Å². The van der Waals surface area contributed by atoms with E-state index >= 15 is 0 Å². The summed E-state index contributed by atoms with van der Waals surface area (Å²) in [7, 11) is 0. The number of imide groups is 1. The van der Waals surface area contributed by atoms with Gasteiger partial charge in [0.15, 0.2) is 0 Å². The Morgan fingerprint density at radius 3 is 2.65 bits per heavy atom. The third kappa shape index (κ3) is 2.56. The summed E-state index contributed by atoms with van der Waals surface area (Å²) < 4.78 is 5.01. The molecule has 1 saturated heterocycles. The number of carbonyl (C=O) groups excluding carboxylic acids is 2. The van der Waals surface area contributed by atoms with Gasteiger partial charge in [0.25, 0.3) is 5.91 Å². The van der Waals surface area contributed by atoms with Gasteiger partial charge in [-0.05, 0) is 0 Å². The lowest BCUT2D eigenvalue weighted by Gasteiger charge is -2.01. The molecule has 2 heterocycles. The SMILES string of the molecule is O=C(O)Cc1nnc(CC2NC(=O)NC2=O)o1. The van der Waals surface area contributed by atoms with Gasteiger partial charge in [0.05, 0.1) is 6.42 Å². The number of rotatable bonds is 4. The van der Waals surface area contributed by atoms with Crippen LogP contribution >= 0.6 is 0 Å². The van der Waals surface area contributed by atoms with E-state index in [4.69, 9.17) is 9.52 Å². The second-order valence-corrected chi connectivity index (χ2v) is 3.38. The van der Waals surface area contributed by atoms with Crippen molar-refractivity contribution < 1.29 is 23.9 Å². The average Bonchev–Trinajstić information content (AvgIpc) is 2.74. The van der Waals surface area contributed by atoms with Crippen LogP contribution in [0.5, 0.6) is 0 Å². The molecule has 1 aliphatic rings. The first-order chi connectivity index (χ1) is 8.04. The van der Waals surface area contributed by atoms with Crippen LogP contribution in [-0.2, 0) is 22.4 Å². The van der Waals surface area contributed by atoms with E-state index in [2.05, 4.69) is 20.8 Å². The Balaban J connectivity index is 1.99. The van der Waals surface area contributed by atoms with Crippen molar-refractivity contribution in [1.82, 2.24) is 20.8 Å². The third-order valence-electron chi connectivity index (χ3n) is 2.05. The normalized spacial score (nSPS) is 18.9. The fourth-order valence-corrected chi connectivity index (χ4v) is 1.35. The predicted octanol–water partition coefficient (Wildman–Crippen LogP) is -1.55. The van der Waals surface area contributed by atoms with Crippen LogP contribution in [0, 0.1) is 0 Å². The summed E-state index contributed by atoms with van der Waals surface area (Å²) in [6.45, 7) is 0. The van der Waals surface area contributed by atoms with Crippen molar-refractivity contribution in [3.8, 4) is 0 Å². The standard InChI is InChI=1S/C8H8N4O5/c13-6(14)2-5-12-11-4(17-5)1-3-7(15)10-8(16)9-3/h3H,1-2H2,(H,13,14)(H2,9,10,15,16). The Bertz CT molecular complexity index is 482. The zero-order valence-electron chi connectivity index (χ0n) is 8.47. The molecule has 1 fully saturated rings. The topological polar surface area (TPSA) is 134 Å². The molecule has 3 N–H and O–H groups in total. The molecule has 90 valence electrons. The first-order valence-corrected chi connectivity index (χ1v) is 4.69. The lowest BCUT2D eigenvalue weighted by molar-refractivity contribution is -0.136. The fraction of sp³-hybridized carbons (Fsp3) is 0.375. The van der Waals surface area contributed by atoms with E-state index in [0.29, 0.717) is 0 Å². The Morgan fingerprint density at radius 2 is 2.06 bits per heavy atom. The van der Waals surface area contributed by atoms with Crippen molar-refractivity contribution >= 4 is 17.9 Å². The molecule has 2 rings (SSSR count). The molecule has 0 saturated carbocycles. The summed E-state index contributed by atoms with van der Waals surface area (Å²) >= 11 is 0. The summed E-state index contributed by atoms with van der Waals surface area (Å²) in [5.41, 5.74) is 0. The molecular weight excluding hydrogens is 232 g/mol. The summed E-state index contributed by atoms with van der Waals surface area (Å²) in [6.07, 6.45) is -0.347. The molecule has 0 aromatic carbocycles.